The van der Waals surface area contributed by atoms with Gasteiger partial charge in [-0.2, -0.15) is 0 Å². The van der Waals surface area contributed by atoms with Crippen molar-refractivity contribution in [1.29, 1.82) is 0 Å². The average molecular weight is 369 g/mol. The Labute approximate surface area is 151 Å². The lowest BCUT2D eigenvalue weighted by Crippen LogP contribution is -2.33. The molecule has 2 amide bonds. The summed E-state index contributed by atoms with van der Waals surface area (Å²) in [5.41, 5.74) is 0.773. The molecule has 25 heavy (non-hydrogen) atoms. The topological polar surface area (TPSA) is 87.2 Å². The van der Waals surface area contributed by atoms with E-state index in [0.29, 0.717) is 31.7 Å². The number of amides is 2. The van der Waals surface area contributed by atoms with Crippen molar-refractivity contribution in [2.75, 3.05) is 31.1 Å². The summed E-state index contributed by atoms with van der Waals surface area (Å²) in [4.78, 5) is 38.1. The van der Waals surface area contributed by atoms with E-state index in [0.717, 1.165) is 12.1 Å². The molecule has 136 valence electrons. The Balaban J connectivity index is 0.00000225. The van der Waals surface area contributed by atoms with E-state index in [1.54, 1.807) is 23.1 Å². The Bertz CT molecular complexity index is 666. The lowest BCUT2D eigenvalue weighted by atomic mass is 10.1. The SMILES string of the molecule is Cl.O=C(O)C1CCN(C(=O)COc2cccc(N3CCCC3=O)c2)C1. The zero-order valence-electron chi connectivity index (χ0n) is 13.7. The molecule has 1 N–H and O–H groups in total. The molecule has 2 aliphatic rings. The van der Waals surface area contributed by atoms with Gasteiger partial charge < -0.3 is 19.6 Å². The van der Waals surface area contributed by atoms with Gasteiger partial charge in [-0.15, -0.1) is 12.4 Å². The van der Waals surface area contributed by atoms with Crippen molar-refractivity contribution < 1.29 is 24.2 Å². The van der Waals surface area contributed by atoms with Gasteiger partial charge in [-0.25, -0.2) is 0 Å². The Morgan fingerprint density at radius 3 is 2.72 bits per heavy atom. The highest BCUT2D eigenvalue weighted by Crippen LogP contribution is 2.25. The molecule has 7 nitrogen and oxygen atoms in total. The van der Waals surface area contributed by atoms with E-state index in [1.807, 2.05) is 6.07 Å². The number of carbonyl (C=O) groups excluding carboxylic acids is 2. The summed E-state index contributed by atoms with van der Waals surface area (Å²) >= 11 is 0. The Kier molecular flexibility index (Phi) is 6.25. The van der Waals surface area contributed by atoms with E-state index in [-0.39, 0.29) is 37.4 Å². The van der Waals surface area contributed by atoms with Crippen LogP contribution in [0.15, 0.2) is 24.3 Å². The van der Waals surface area contributed by atoms with Gasteiger partial charge in [-0.1, -0.05) is 6.07 Å². The van der Waals surface area contributed by atoms with Gasteiger partial charge in [0.25, 0.3) is 5.91 Å². The molecule has 0 radical (unpaired) electrons. The van der Waals surface area contributed by atoms with Gasteiger partial charge in [-0.05, 0) is 25.0 Å². The van der Waals surface area contributed by atoms with Crippen LogP contribution in [0.2, 0.25) is 0 Å². The lowest BCUT2D eigenvalue weighted by Gasteiger charge is -2.18. The normalized spacial score (nSPS) is 19.7. The molecule has 0 saturated carbocycles. The zero-order valence-corrected chi connectivity index (χ0v) is 14.5. The van der Waals surface area contributed by atoms with E-state index in [1.165, 1.54) is 4.90 Å². The molecule has 1 atom stereocenters. The smallest absolute Gasteiger partial charge is 0.308 e. The standard InChI is InChI=1S/C17H20N2O5.ClH/c20-15-5-2-7-19(15)13-3-1-4-14(9-13)24-11-16(21)18-8-6-12(10-18)17(22)23;/h1,3-4,9,12H,2,5-8,10-11H2,(H,22,23);1H. The fraction of sp³-hybridized carbons (Fsp3) is 0.471. The third kappa shape index (κ3) is 4.42. The van der Waals surface area contributed by atoms with Crippen LogP contribution in [0.3, 0.4) is 0 Å². The molecule has 8 heteroatoms. The number of likely N-dealkylation sites (tertiary alicyclic amines) is 1. The first-order valence-electron chi connectivity index (χ1n) is 8.08. The number of anilines is 1. The summed E-state index contributed by atoms with van der Waals surface area (Å²) in [7, 11) is 0. The maximum absolute atomic E-state index is 12.1. The maximum Gasteiger partial charge on any atom is 0.308 e. The maximum atomic E-state index is 12.1. The molecule has 1 aromatic carbocycles. The highest BCUT2D eigenvalue weighted by atomic mass is 35.5. The molecule has 1 aromatic rings. The Morgan fingerprint density at radius 1 is 1.28 bits per heavy atom. The Hall–Kier alpha value is -2.28. The summed E-state index contributed by atoms with van der Waals surface area (Å²) in [5.74, 6) is -0.955. The lowest BCUT2D eigenvalue weighted by molar-refractivity contribution is -0.141. The predicted octanol–water partition coefficient (Wildman–Crippen LogP) is 1.55. The summed E-state index contributed by atoms with van der Waals surface area (Å²) in [6.45, 7) is 1.25. The van der Waals surface area contributed by atoms with Crippen molar-refractivity contribution in [3.63, 3.8) is 0 Å². The van der Waals surface area contributed by atoms with Crippen LogP contribution in [0.4, 0.5) is 5.69 Å². The van der Waals surface area contributed by atoms with Gasteiger partial charge in [-0.3, -0.25) is 14.4 Å². The van der Waals surface area contributed by atoms with Crippen molar-refractivity contribution in [3.8, 4) is 5.75 Å². The second-order valence-electron chi connectivity index (χ2n) is 6.10. The van der Waals surface area contributed by atoms with Crippen molar-refractivity contribution in [1.82, 2.24) is 4.90 Å². The number of hydrogen-bond acceptors (Lipinski definition) is 4. The van der Waals surface area contributed by atoms with E-state index < -0.39 is 11.9 Å². The third-order valence-electron chi connectivity index (χ3n) is 4.46. The van der Waals surface area contributed by atoms with E-state index in [4.69, 9.17) is 9.84 Å². The van der Waals surface area contributed by atoms with Crippen molar-refractivity contribution in [2.45, 2.75) is 19.3 Å². The number of carbonyl (C=O) groups is 3. The van der Waals surface area contributed by atoms with Crippen LogP contribution in [0, 0.1) is 5.92 Å². The molecule has 2 aliphatic heterocycles. The number of carboxylic acids is 1. The van der Waals surface area contributed by atoms with Crippen LogP contribution >= 0.6 is 12.4 Å². The number of aliphatic carboxylic acids is 1. The van der Waals surface area contributed by atoms with Crippen LogP contribution in [0.25, 0.3) is 0 Å². The minimum atomic E-state index is -0.866. The second-order valence-corrected chi connectivity index (χ2v) is 6.10. The highest BCUT2D eigenvalue weighted by Gasteiger charge is 2.31. The number of hydrogen-bond donors (Lipinski definition) is 1. The van der Waals surface area contributed by atoms with Gasteiger partial charge in [0.1, 0.15) is 5.75 Å². The second kappa shape index (κ2) is 8.20. The largest absolute Gasteiger partial charge is 0.484 e. The quantitative estimate of drug-likeness (QED) is 0.852. The van der Waals surface area contributed by atoms with Crippen LogP contribution in [0.1, 0.15) is 19.3 Å². The molecule has 0 aliphatic carbocycles. The molecule has 0 spiro atoms. The molecule has 2 fully saturated rings. The number of ether oxygens (including phenoxy) is 1. The molecule has 0 aromatic heterocycles. The molecule has 2 saturated heterocycles. The van der Waals surface area contributed by atoms with Crippen LogP contribution in [-0.2, 0) is 14.4 Å². The number of carboxylic acid groups (broad SMARTS) is 1. The number of benzene rings is 1. The van der Waals surface area contributed by atoms with Crippen molar-refractivity contribution in [3.05, 3.63) is 24.3 Å². The van der Waals surface area contributed by atoms with Crippen molar-refractivity contribution >= 4 is 35.9 Å². The van der Waals surface area contributed by atoms with Crippen LogP contribution in [0.5, 0.6) is 5.75 Å². The molecule has 2 heterocycles. The third-order valence-corrected chi connectivity index (χ3v) is 4.46. The monoisotopic (exact) mass is 368 g/mol. The van der Waals surface area contributed by atoms with Gasteiger partial charge >= 0.3 is 5.97 Å². The summed E-state index contributed by atoms with van der Waals surface area (Å²) in [5, 5.41) is 8.98. The summed E-state index contributed by atoms with van der Waals surface area (Å²) in [6.07, 6.45) is 1.89. The summed E-state index contributed by atoms with van der Waals surface area (Å²) < 4.78 is 5.53. The number of nitrogens with zero attached hydrogens (tertiary/aromatic N) is 2. The van der Waals surface area contributed by atoms with E-state index >= 15 is 0 Å². The average Bonchev–Trinajstić information content (AvgIpc) is 3.22. The fourth-order valence-corrected chi connectivity index (χ4v) is 3.09. The minimum absolute atomic E-state index is 0. The zero-order chi connectivity index (χ0) is 17.1. The summed E-state index contributed by atoms with van der Waals surface area (Å²) in [6, 6.07) is 7.12. The molecule has 1 unspecified atom stereocenters. The van der Waals surface area contributed by atoms with E-state index in [2.05, 4.69) is 0 Å². The minimum Gasteiger partial charge on any atom is -0.484 e. The van der Waals surface area contributed by atoms with Crippen molar-refractivity contribution in [2.24, 2.45) is 5.92 Å². The van der Waals surface area contributed by atoms with Gasteiger partial charge in [0, 0.05) is 37.8 Å². The van der Waals surface area contributed by atoms with Crippen LogP contribution in [-0.4, -0.2) is 54.0 Å². The fourth-order valence-electron chi connectivity index (χ4n) is 3.09. The number of halogens is 1. The molecule has 3 rings (SSSR count). The van der Waals surface area contributed by atoms with E-state index in [9.17, 15) is 14.4 Å². The first-order chi connectivity index (χ1) is 11.5. The molecular weight excluding hydrogens is 348 g/mol. The molecular formula is C17H21ClN2O5. The first kappa shape index (κ1) is 19.1. The van der Waals surface area contributed by atoms with Crippen LogP contribution < -0.4 is 9.64 Å². The van der Waals surface area contributed by atoms with Gasteiger partial charge in [0.15, 0.2) is 6.61 Å². The first-order valence-corrected chi connectivity index (χ1v) is 8.08. The molecule has 0 bridgehead atoms. The van der Waals surface area contributed by atoms with Gasteiger partial charge in [0.05, 0.1) is 5.92 Å². The number of rotatable bonds is 5. The highest BCUT2D eigenvalue weighted by molar-refractivity contribution is 5.95. The van der Waals surface area contributed by atoms with Gasteiger partial charge in [0.2, 0.25) is 5.91 Å². The Morgan fingerprint density at radius 2 is 2.08 bits per heavy atom. The predicted molar refractivity (Wildman–Crippen MR) is 93.1 cm³/mol.